The number of aromatic nitrogens is 2. The Bertz CT molecular complexity index is 402. The predicted octanol–water partition coefficient (Wildman–Crippen LogP) is 6.38. The van der Waals surface area contributed by atoms with Crippen LogP contribution in [0.1, 0.15) is 89.8 Å². The zero-order valence-electron chi connectivity index (χ0n) is 15.9. The number of hydrogen-bond donors (Lipinski definition) is 1. The summed E-state index contributed by atoms with van der Waals surface area (Å²) in [4.78, 5) is 3.31. The van der Waals surface area contributed by atoms with Crippen LogP contribution in [0.5, 0.6) is 0 Å². The van der Waals surface area contributed by atoms with Crippen molar-refractivity contribution in [2.24, 2.45) is 7.05 Å². The first-order valence-corrected chi connectivity index (χ1v) is 9.73. The van der Waals surface area contributed by atoms with Crippen LogP contribution in [-0.4, -0.2) is 12.2 Å². The molecule has 0 saturated carbocycles. The van der Waals surface area contributed by atoms with Gasteiger partial charge < -0.3 is 17.3 Å². The summed E-state index contributed by atoms with van der Waals surface area (Å²) in [6.07, 6.45) is 22.4. The number of rotatable bonds is 13. The van der Waals surface area contributed by atoms with Gasteiger partial charge in [-0.25, -0.2) is 9.55 Å². The van der Waals surface area contributed by atoms with Crippen LogP contribution in [0.25, 0.3) is 0 Å². The number of unbranched alkanes of at least 4 members (excludes halogenated alkanes) is 11. The average Bonchev–Trinajstić information content (AvgIpc) is 2.92. The molecule has 1 aromatic heterocycles. The molecule has 0 aromatic carbocycles. The maximum absolute atomic E-state index is 9.75. The number of nitrogens with one attached hydrogen (secondary N) is 1. The van der Waals surface area contributed by atoms with Gasteiger partial charge in [0.15, 0.2) is 0 Å². The van der Waals surface area contributed by atoms with Gasteiger partial charge in [-0.05, 0) is 6.42 Å². The molecule has 0 atom stereocenters. The Kier molecular flexibility index (Phi) is 14.7. The fourth-order valence-corrected chi connectivity index (χ4v) is 2.82. The van der Waals surface area contributed by atoms with E-state index in [0.29, 0.717) is 0 Å². The molecule has 0 amide bonds. The number of imidazole rings is 1. The lowest BCUT2D eigenvalue weighted by molar-refractivity contribution is -0.677. The molecule has 0 radical (unpaired) electrons. The Morgan fingerprint density at radius 2 is 1.20 bits per heavy atom. The maximum Gasteiger partial charge on any atom is 0.673 e. The van der Waals surface area contributed by atoms with Crippen LogP contribution in [0.15, 0.2) is 12.4 Å². The van der Waals surface area contributed by atoms with E-state index in [4.69, 9.17) is 0 Å². The van der Waals surface area contributed by atoms with E-state index in [-0.39, 0.29) is 0 Å². The van der Waals surface area contributed by atoms with Gasteiger partial charge in [-0.3, -0.25) is 0 Å². The SMILES string of the molecule is CCCCCCCCCCCCCCc1[nH]cc[n+]1C.F[B-](F)(F)F. The first-order chi connectivity index (χ1) is 11.8. The molecule has 148 valence electrons. The molecular weight excluding hydrogens is 331 g/mol. The smallest absolute Gasteiger partial charge is 0.418 e. The van der Waals surface area contributed by atoms with Crippen molar-refractivity contribution in [3.8, 4) is 0 Å². The van der Waals surface area contributed by atoms with Gasteiger partial charge in [-0.2, -0.15) is 0 Å². The molecule has 7 heteroatoms. The fourth-order valence-electron chi connectivity index (χ4n) is 2.82. The molecule has 0 bridgehead atoms. The van der Waals surface area contributed by atoms with Crippen molar-refractivity contribution in [2.75, 3.05) is 0 Å². The zero-order chi connectivity index (χ0) is 19.0. The normalized spacial score (nSPS) is 11.3. The minimum absolute atomic E-state index is 1.20. The molecule has 0 aliphatic carbocycles. The molecule has 1 rings (SSSR count). The standard InChI is InChI=1S/C18H34N2.BF4/c1-3-4-5-6-7-8-9-10-11-12-13-14-15-18-19-16-17-20(18)2;2-1(3,4)5/h16-17H,3-15H2,1-2H3;/q;-1/p+1. The van der Waals surface area contributed by atoms with Crippen LogP contribution >= 0.6 is 0 Å². The highest BCUT2D eigenvalue weighted by Gasteiger charge is 2.20. The van der Waals surface area contributed by atoms with E-state index in [1.54, 1.807) is 0 Å². The van der Waals surface area contributed by atoms with Gasteiger partial charge in [0.05, 0.1) is 7.05 Å². The van der Waals surface area contributed by atoms with Gasteiger partial charge in [0.1, 0.15) is 12.4 Å². The van der Waals surface area contributed by atoms with Crippen LogP contribution in [0.2, 0.25) is 0 Å². The Balaban J connectivity index is 0.00000101. The van der Waals surface area contributed by atoms with E-state index >= 15 is 0 Å². The molecule has 0 aliphatic heterocycles. The second kappa shape index (κ2) is 15.3. The van der Waals surface area contributed by atoms with Crippen LogP contribution in [0.3, 0.4) is 0 Å². The van der Waals surface area contributed by atoms with Gasteiger partial charge in [-0.15, -0.1) is 0 Å². The first kappa shape index (κ1) is 24.0. The topological polar surface area (TPSA) is 19.7 Å². The quantitative estimate of drug-likeness (QED) is 0.181. The van der Waals surface area contributed by atoms with Gasteiger partial charge in [0.2, 0.25) is 0 Å². The Hall–Kier alpha value is -1.01. The van der Waals surface area contributed by atoms with E-state index in [2.05, 4.69) is 29.7 Å². The highest BCUT2D eigenvalue weighted by molar-refractivity contribution is 6.50. The van der Waals surface area contributed by atoms with E-state index in [1.165, 1.54) is 89.3 Å². The lowest BCUT2D eigenvalue weighted by atomic mass is 10.0. The monoisotopic (exact) mass is 366 g/mol. The second-order valence-corrected chi connectivity index (χ2v) is 6.65. The predicted molar refractivity (Wildman–Crippen MR) is 96.9 cm³/mol. The summed E-state index contributed by atoms with van der Waals surface area (Å²) in [6, 6.07) is 0. The lowest BCUT2D eigenvalue weighted by Crippen LogP contribution is -2.30. The Labute approximate surface area is 150 Å². The lowest BCUT2D eigenvalue weighted by Gasteiger charge is -2.02. The minimum atomic E-state index is -6.00. The number of aryl methyl sites for hydroxylation is 2. The van der Waals surface area contributed by atoms with Gasteiger partial charge in [0, 0.05) is 6.42 Å². The summed E-state index contributed by atoms with van der Waals surface area (Å²) in [5, 5.41) is 0. The van der Waals surface area contributed by atoms with Crippen molar-refractivity contribution in [3.63, 3.8) is 0 Å². The average molecular weight is 366 g/mol. The van der Waals surface area contributed by atoms with Crippen molar-refractivity contribution in [1.29, 1.82) is 0 Å². The molecule has 1 heterocycles. The van der Waals surface area contributed by atoms with Crippen LogP contribution in [0, 0.1) is 0 Å². The van der Waals surface area contributed by atoms with Crippen molar-refractivity contribution in [3.05, 3.63) is 18.2 Å². The van der Waals surface area contributed by atoms with Crippen LogP contribution in [0.4, 0.5) is 17.3 Å². The Morgan fingerprint density at radius 3 is 1.56 bits per heavy atom. The number of hydrogen-bond acceptors (Lipinski definition) is 0. The maximum atomic E-state index is 9.75. The van der Waals surface area contributed by atoms with Crippen molar-refractivity contribution >= 4 is 7.25 Å². The molecule has 0 unspecified atom stereocenters. The Morgan fingerprint density at radius 1 is 0.800 bits per heavy atom. The summed E-state index contributed by atoms with van der Waals surface area (Å²) in [5.74, 6) is 1.36. The minimum Gasteiger partial charge on any atom is -0.418 e. The van der Waals surface area contributed by atoms with Gasteiger partial charge in [-0.1, -0.05) is 77.6 Å². The largest absolute Gasteiger partial charge is 0.673 e. The molecule has 25 heavy (non-hydrogen) atoms. The van der Waals surface area contributed by atoms with Crippen molar-refractivity contribution < 1.29 is 21.8 Å². The summed E-state index contributed by atoms with van der Waals surface area (Å²) in [7, 11) is -3.88. The highest BCUT2D eigenvalue weighted by atomic mass is 19.5. The summed E-state index contributed by atoms with van der Waals surface area (Å²) >= 11 is 0. The molecule has 2 nitrogen and oxygen atoms in total. The molecule has 0 aliphatic rings. The number of H-pyrrole nitrogens is 1. The van der Waals surface area contributed by atoms with Gasteiger partial charge in [0.25, 0.3) is 5.82 Å². The van der Waals surface area contributed by atoms with Gasteiger partial charge >= 0.3 is 7.25 Å². The number of halogens is 4. The summed E-state index contributed by atoms with van der Waals surface area (Å²) in [6.45, 7) is 2.29. The first-order valence-electron chi connectivity index (χ1n) is 9.73. The molecule has 1 aromatic rings. The van der Waals surface area contributed by atoms with Crippen LogP contribution in [-0.2, 0) is 13.5 Å². The van der Waals surface area contributed by atoms with Crippen molar-refractivity contribution in [2.45, 2.75) is 90.4 Å². The number of nitrogens with zero attached hydrogens (tertiary/aromatic N) is 1. The van der Waals surface area contributed by atoms with Crippen molar-refractivity contribution in [1.82, 2.24) is 4.98 Å². The van der Waals surface area contributed by atoms with E-state index in [0.717, 1.165) is 0 Å². The fraction of sp³-hybridized carbons (Fsp3) is 0.833. The summed E-state index contributed by atoms with van der Waals surface area (Å²) < 4.78 is 41.2. The zero-order valence-corrected chi connectivity index (χ0v) is 15.9. The second-order valence-electron chi connectivity index (χ2n) is 6.65. The molecule has 0 fully saturated rings. The summed E-state index contributed by atoms with van der Waals surface area (Å²) in [5.41, 5.74) is 0. The number of aromatic amines is 1. The molecular formula is C18H35BF4N2. The van der Waals surface area contributed by atoms with Crippen LogP contribution < -0.4 is 4.57 Å². The molecule has 0 saturated heterocycles. The van der Waals surface area contributed by atoms with E-state index in [9.17, 15) is 17.3 Å². The molecule has 0 spiro atoms. The third kappa shape index (κ3) is 19.2. The third-order valence-corrected chi connectivity index (χ3v) is 4.24. The molecule has 1 N–H and O–H groups in total. The van der Waals surface area contributed by atoms with E-state index < -0.39 is 7.25 Å². The van der Waals surface area contributed by atoms with E-state index in [1.807, 2.05) is 6.20 Å². The highest BCUT2D eigenvalue weighted by Crippen LogP contribution is 2.12. The third-order valence-electron chi connectivity index (χ3n) is 4.24.